The Morgan fingerprint density at radius 2 is 1.65 bits per heavy atom. The minimum atomic E-state index is 0.230. The summed E-state index contributed by atoms with van der Waals surface area (Å²) in [4.78, 5) is 0.230. The van der Waals surface area contributed by atoms with Crippen molar-refractivity contribution in [3.63, 3.8) is 0 Å². The average Bonchev–Trinajstić information content (AvgIpc) is 2.48. The lowest BCUT2D eigenvalue weighted by molar-refractivity contribution is 1.02. The monoisotopic (exact) mass is 394 g/mol. The molecule has 1 atom stereocenters. The van der Waals surface area contributed by atoms with Gasteiger partial charge in [0.2, 0.25) is 0 Å². The van der Waals surface area contributed by atoms with Crippen LogP contribution in [0.5, 0.6) is 0 Å². The van der Waals surface area contributed by atoms with E-state index in [1.54, 1.807) is 0 Å². The molecule has 2 aromatic carbocycles. The van der Waals surface area contributed by atoms with E-state index in [0.29, 0.717) is 0 Å². The zero-order chi connectivity index (χ0) is 14.7. The lowest BCUT2D eigenvalue weighted by atomic mass is 9.96. The van der Waals surface area contributed by atoms with E-state index >= 15 is 0 Å². The molecule has 0 amide bonds. The molecule has 0 heterocycles. The molecule has 0 aromatic heterocycles. The summed E-state index contributed by atoms with van der Waals surface area (Å²) < 4.78 is 1.16. The van der Waals surface area contributed by atoms with Crippen molar-refractivity contribution in [3.8, 4) is 0 Å². The number of hydrogen-bond donors (Lipinski definition) is 0. The predicted octanol–water partition coefficient (Wildman–Crippen LogP) is 6.37. The van der Waals surface area contributed by atoms with Crippen LogP contribution in [0.4, 0.5) is 0 Å². The van der Waals surface area contributed by atoms with Gasteiger partial charge in [-0.1, -0.05) is 81.6 Å². The van der Waals surface area contributed by atoms with Crippen molar-refractivity contribution in [1.29, 1.82) is 0 Å². The molecule has 0 saturated carbocycles. The van der Waals surface area contributed by atoms with Crippen LogP contribution >= 0.6 is 31.9 Å². The number of alkyl halides is 1. The summed E-state index contributed by atoms with van der Waals surface area (Å²) >= 11 is 7.52. The molecule has 0 fully saturated rings. The number of rotatable bonds is 4. The van der Waals surface area contributed by atoms with Gasteiger partial charge >= 0.3 is 0 Å². The zero-order valence-corrected chi connectivity index (χ0v) is 15.4. The summed E-state index contributed by atoms with van der Waals surface area (Å²) in [6, 6.07) is 13.3. The summed E-state index contributed by atoms with van der Waals surface area (Å²) in [5.74, 6) is 0. The van der Waals surface area contributed by atoms with Crippen LogP contribution in [0.15, 0.2) is 40.9 Å². The molecule has 0 spiro atoms. The molecule has 0 bridgehead atoms. The summed E-state index contributed by atoms with van der Waals surface area (Å²) in [6.07, 6.45) is 2.19. The van der Waals surface area contributed by atoms with E-state index < -0.39 is 0 Å². The van der Waals surface area contributed by atoms with Crippen molar-refractivity contribution in [3.05, 3.63) is 68.7 Å². The van der Waals surface area contributed by atoms with Crippen molar-refractivity contribution in [2.24, 2.45) is 0 Å². The molecule has 2 aromatic rings. The van der Waals surface area contributed by atoms with E-state index in [1.807, 2.05) is 0 Å². The van der Waals surface area contributed by atoms with E-state index in [-0.39, 0.29) is 4.83 Å². The van der Waals surface area contributed by atoms with Crippen LogP contribution in [0, 0.1) is 6.92 Å². The highest BCUT2D eigenvalue weighted by molar-refractivity contribution is 9.11. The Hall–Kier alpha value is -0.600. The van der Waals surface area contributed by atoms with Gasteiger partial charge in [0.1, 0.15) is 0 Å². The highest BCUT2D eigenvalue weighted by Crippen LogP contribution is 2.36. The molecule has 0 saturated heterocycles. The standard InChI is InChI=1S/C18H20Br2/c1-4-13-7-8-15(11-14(13)5-2)18(20)16-10-12(3)6-9-17(16)19/h6-11,18H,4-5H2,1-3H3. The molecule has 2 rings (SSSR count). The summed E-state index contributed by atoms with van der Waals surface area (Å²) in [7, 11) is 0. The molecule has 0 nitrogen and oxygen atoms in total. The average molecular weight is 396 g/mol. The van der Waals surface area contributed by atoms with Gasteiger partial charge in [0, 0.05) is 4.47 Å². The number of benzene rings is 2. The molecule has 2 heteroatoms. The molecule has 0 aliphatic heterocycles. The second-order valence-corrected chi connectivity index (χ2v) is 6.89. The molecule has 0 radical (unpaired) electrons. The van der Waals surface area contributed by atoms with E-state index in [0.717, 1.165) is 17.3 Å². The van der Waals surface area contributed by atoms with Gasteiger partial charge in [0.05, 0.1) is 4.83 Å². The van der Waals surface area contributed by atoms with Crippen LogP contribution in [0.25, 0.3) is 0 Å². The van der Waals surface area contributed by atoms with Crippen molar-refractivity contribution >= 4 is 31.9 Å². The van der Waals surface area contributed by atoms with Gasteiger partial charge in [0.25, 0.3) is 0 Å². The molecule has 1 unspecified atom stereocenters. The Kier molecular flexibility index (Phi) is 5.45. The second kappa shape index (κ2) is 6.91. The number of hydrogen-bond acceptors (Lipinski definition) is 0. The van der Waals surface area contributed by atoms with Crippen LogP contribution in [0.2, 0.25) is 0 Å². The number of halogens is 2. The molecular formula is C18H20Br2. The first-order chi connectivity index (χ1) is 9.56. The quantitative estimate of drug-likeness (QED) is 0.527. The van der Waals surface area contributed by atoms with Crippen LogP contribution < -0.4 is 0 Å². The van der Waals surface area contributed by atoms with Gasteiger partial charge in [-0.15, -0.1) is 0 Å². The molecule has 0 aliphatic rings. The predicted molar refractivity (Wildman–Crippen MR) is 94.8 cm³/mol. The molecule has 0 N–H and O–H groups in total. The maximum absolute atomic E-state index is 3.86. The SMILES string of the molecule is CCc1ccc(C(Br)c2cc(C)ccc2Br)cc1CC. The largest absolute Gasteiger partial charge is 0.0786 e. The molecule has 20 heavy (non-hydrogen) atoms. The first kappa shape index (κ1) is 15.8. The summed E-state index contributed by atoms with van der Waals surface area (Å²) in [6.45, 7) is 6.58. The van der Waals surface area contributed by atoms with Gasteiger partial charge < -0.3 is 0 Å². The Bertz CT molecular complexity index is 602. The smallest absolute Gasteiger partial charge is 0.0655 e. The fraction of sp³-hybridized carbons (Fsp3) is 0.333. The van der Waals surface area contributed by atoms with Crippen molar-refractivity contribution < 1.29 is 0 Å². The van der Waals surface area contributed by atoms with Gasteiger partial charge in [0.15, 0.2) is 0 Å². The van der Waals surface area contributed by atoms with Gasteiger partial charge in [-0.2, -0.15) is 0 Å². The topological polar surface area (TPSA) is 0 Å². The van der Waals surface area contributed by atoms with Gasteiger partial charge in [-0.25, -0.2) is 0 Å². The first-order valence-corrected chi connectivity index (χ1v) is 8.79. The maximum Gasteiger partial charge on any atom is 0.0655 e. The first-order valence-electron chi connectivity index (χ1n) is 7.08. The van der Waals surface area contributed by atoms with E-state index in [2.05, 4.69) is 89.0 Å². The Balaban J connectivity index is 2.42. The third kappa shape index (κ3) is 3.35. The van der Waals surface area contributed by atoms with Crippen LogP contribution in [0.1, 0.15) is 46.5 Å². The van der Waals surface area contributed by atoms with Crippen LogP contribution in [-0.2, 0) is 12.8 Å². The molecule has 0 aliphatic carbocycles. The van der Waals surface area contributed by atoms with E-state index in [1.165, 1.54) is 27.8 Å². The lowest BCUT2D eigenvalue weighted by Gasteiger charge is -2.16. The van der Waals surface area contributed by atoms with Gasteiger partial charge in [-0.3, -0.25) is 0 Å². The normalized spacial score (nSPS) is 12.4. The second-order valence-electron chi connectivity index (χ2n) is 5.12. The Labute approximate surface area is 138 Å². The summed E-state index contributed by atoms with van der Waals surface area (Å²) in [5.41, 5.74) is 6.81. The van der Waals surface area contributed by atoms with E-state index in [9.17, 15) is 0 Å². The number of aryl methyl sites for hydroxylation is 3. The maximum atomic E-state index is 3.86. The van der Waals surface area contributed by atoms with Crippen molar-refractivity contribution in [2.45, 2.75) is 38.4 Å². The minimum Gasteiger partial charge on any atom is -0.0786 e. The third-order valence-corrected chi connectivity index (χ3v) is 5.45. The molecular weight excluding hydrogens is 376 g/mol. The minimum absolute atomic E-state index is 0.230. The highest BCUT2D eigenvalue weighted by Gasteiger charge is 2.15. The van der Waals surface area contributed by atoms with E-state index in [4.69, 9.17) is 0 Å². The lowest BCUT2D eigenvalue weighted by Crippen LogP contribution is -1.98. The van der Waals surface area contributed by atoms with Crippen LogP contribution in [0.3, 0.4) is 0 Å². The Morgan fingerprint density at radius 3 is 2.30 bits per heavy atom. The fourth-order valence-electron chi connectivity index (χ4n) is 2.51. The molecule has 106 valence electrons. The van der Waals surface area contributed by atoms with Gasteiger partial charge in [-0.05, 0) is 48.1 Å². The van der Waals surface area contributed by atoms with Crippen LogP contribution in [-0.4, -0.2) is 0 Å². The third-order valence-electron chi connectivity index (χ3n) is 3.71. The van der Waals surface area contributed by atoms with Crippen molar-refractivity contribution in [1.82, 2.24) is 0 Å². The Morgan fingerprint density at radius 1 is 0.950 bits per heavy atom. The zero-order valence-electron chi connectivity index (χ0n) is 12.2. The fourth-order valence-corrected chi connectivity index (χ4v) is 3.96. The van der Waals surface area contributed by atoms with Crippen molar-refractivity contribution in [2.75, 3.05) is 0 Å². The summed E-state index contributed by atoms with van der Waals surface area (Å²) in [5, 5.41) is 0. The highest BCUT2D eigenvalue weighted by atomic mass is 79.9.